The normalized spacial score (nSPS) is 11.2. The molecule has 0 bridgehead atoms. The van der Waals surface area contributed by atoms with E-state index in [1.54, 1.807) is 6.26 Å². The maximum absolute atomic E-state index is 9.13. The first-order valence-corrected chi connectivity index (χ1v) is 5.39. The molecule has 3 aromatic rings. The highest BCUT2D eigenvalue weighted by atomic mass is 16.3. The summed E-state index contributed by atoms with van der Waals surface area (Å²) in [5.74, 6) is 1.54. The Morgan fingerprint density at radius 1 is 1.35 bits per heavy atom. The van der Waals surface area contributed by atoms with Crippen LogP contribution in [-0.2, 0) is 13.7 Å². The van der Waals surface area contributed by atoms with Crippen molar-refractivity contribution in [2.24, 2.45) is 7.05 Å². The lowest BCUT2D eigenvalue weighted by molar-refractivity contribution is 0.282. The fraction of sp³-hybridized carbons (Fsp3) is 0.154. The number of aliphatic hydroxyl groups excluding tert-OH is 1. The van der Waals surface area contributed by atoms with Gasteiger partial charge in [0.15, 0.2) is 11.6 Å². The maximum Gasteiger partial charge on any atom is 0.176 e. The lowest BCUT2D eigenvalue weighted by Crippen LogP contribution is -1.91. The second kappa shape index (κ2) is 3.75. The van der Waals surface area contributed by atoms with Gasteiger partial charge in [-0.1, -0.05) is 6.07 Å². The van der Waals surface area contributed by atoms with Gasteiger partial charge >= 0.3 is 0 Å². The number of fused-ring (bicyclic) bond motifs is 1. The molecule has 1 aromatic carbocycles. The number of furan rings is 1. The molecule has 4 heteroatoms. The van der Waals surface area contributed by atoms with Crippen molar-refractivity contribution in [3.8, 4) is 11.6 Å². The van der Waals surface area contributed by atoms with Gasteiger partial charge in [-0.2, -0.15) is 0 Å². The molecule has 0 radical (unpaired) electrons. The topological polar surface area (TPSA) is 51.2 Å². The van der Waals surface area contributed by atoms with Gasteiger partial charge < -0.3 is 14.1 Å². The highest BCUT2D eigenvalue weighted by molar-refractivity contribution is 5.80. The average molecular weight is 228 g/mol. The Kier molecular flexibility index (Phi) is 2.23. The lowest BCUT2D eigenvalue weighted by atomic mass is 10.2. The standard InChI is InChI=1S/C13H12N2O2/c1-15-11-7-9(8-16)4-5-10(11)14-13(15)12-3-2-6-17-12/h2-7,16H,8H2,1H3. The van der Waals surface area contributed by atoms with Crippen LogP contribution in [-0.4, -0.2) is 14.7 Å². The summed E-state index contributed by atoms with van der Waals surface area (Å²) in [6.45, 7) is 0.0389. The molecule has 0 amide bonds. The van der Waals surface area contributed by atoms with E-state index >= 15 is 0 Å². The summed E-state index contributed by atoms with van der Waals surface area (Å²) in [5.41, 5.74) is 2.77. The van der Waals surface area contributed by atoms with Crippen molar-refractivity contribution in [3.63, 3.8) is 0 Å². The third-order valence-electron chi connectivity index (χ3n) is 2.87. The van der Waals surface area contributed by atoms with Crippen molar-refractivity contribution in [1.82, 2.24) is 9.55 Å². The Bertz CT molecular complexity index is 653. The zero-order chi connectivity index (χ0) is 11.8. The Labute approximate surface area is 98.1 Å². The summed E-state index contributed by atoms with van der Waals surface area (Å²) in [4.78, 5) is 4.52. The molecule has 0 saturated heterocycles. The van der Waals surface area contributed by atoms with Crippen LogP contribution in [0.1, 0.15) is 5.56 Å². The molecule has 2 heterocycles. The van der Waals surface area contributed by atoms with E-state index in [9.17, 15) is 0 Å². The molecule has 0 spiro atoms. The Morgan fingerprint density at radius 3 is 2.94 bits per heavy atom. The average Bonchev–Trinajstić information content (AvgIpc) is 2.97. The number of aliphatic hydroxyl groups is 1. The third-order valence-corrected chi connectivity index (χ3v) is 2.87. The van der Waals surface area contributed by atoms with E-state index in [0.29, 0.717) is 0 Å². The van der Waals surface area contributed by atoms with Crippen molar-refractivity contribution in [3.05, 3.63) is 42.2 Å². The van der Waals surface area contributed by atoms with Crippen molar-refractivity contribution in [2.75, 3.05) is 0 Å². The summed E-state index contributed by atoms with van der Waals surface area (Å²) in [6, 6.07) is 9.45. The van der Waals surface area contributed by atoms with Crippen LogP contribution < -0.4 is 0 Å². The van der Waals surface area contributed by atoms with Crippen molar-refractivity contribution in [2.45, 2.75) is 6.61 Å². The zero-order valence-electron chi connectivity index (χ0n) is 9.42. The van der Waals surface area contributed by atoms with Gasteiger partial charge in [0.1, 0.15) is 0 Å². The van der Waals surface area contributed by atoms with E-state index < -0.39 is 0 Å². The van der Waals surface area contributed by atoms with E-state index in [1.807, 2.05) is 41.9 Å². The SMILES string of the molecule is Cn1c(-c2ccco2)nc2ccc(CO)cc21. The van der Waals surface area contributed by atoms with Crippen LogP contribution in [0.15, 0.2) is 41.0 Å². The summed E-state index contributed by atoms with van der Waals surface area (Å²) >= 11 is 0. The molecule has 0 aliphatic carbocycles. The van der Waals surface area contributed by atoms with Gasteiger partial charge in [0.05, 0.1) is 23.9 Å². The van der Waals surface area contributed by atoms with E-state index in [4.69, 9.17) is 9.52 Å². The first-order valence-electron chi connectivity index (χ1n) is 5.39. The quantitative estimate of drug-likeness (QED) is 0.732. The van der Waals surface area contributed by atoms with Crippen LogP contribution >= 0.6 is 0 Å². The number of hydrogen-bond donors (Lipinski definition) is 1. The van der Waals surface area contributed by atoms with Gasteiger partial charge in [0.2, 0.25) is 0 Å². The highest BCUT2D eigenvalue weighted by Gasteiger charge is 2.11. The molecule has 0 fully saturated rings. The predicted molar refractivity (Wildman–Crippen MR) is 64.3 cm³/mol. The molecule has 2 aromatic heterocycles. The van der Waals surface area contributed by atoms with Gasteiger partial charge in [0.25, 0.3) is 0 Å². The molecule has 86 valence electrons. The van der Waals surface area contributed by atoms with Gasteiger partial charge in [-0.3, -0.25) is 0 Å². The van der Waals surface area contributed by atoms with Gasteiger partial charge in [-0.25, -0.2) is 4.98 Å². The molecule has 3 rings (SSSR count). The first kappa shape index (κ1) is 10.1. The molecule has 4 nitrogen and oxygen atoms in total. The Morgan fingerprint density at radius 2 is 2.24 bits per heavy atom. The lowest BCUT2D eigenvalue weighted by Gasteiger charge is -2.00. The number of rotatable bonds is 2. The predicted octanol–water partition coefficient (Wildman–Crippen LogP) is 2.33. The molecular formula is C13H12N2O2. The Hall–Kier alpha value is -2.07. The summed E-state index contributed by atoms with van der Waals surface area (Å²) < 4.78 is 7.32. The molecule has 0 unspecified atom stereocenters. The van der Waals surface area contributed by atoms with E-state index in [1.165, 1.54) is 0 Å². The summed E-state index contributed by atoms with van der Waals surface area (Å²) in [5, 5.41) is 9.13. The minimum absolute atomic E-state index is 0.0389. The number of aromatic nitrogens is 2. The van der Waals surface area contributed by atoms with Crippen LogP contribution in [0.25, 0.3) is 22.6 Å². The van der Waals surface area contributed by atoms with E-state index in [2.05, 4.69) is 4.98 Å². The molecule has 17 heavy (non-hydrogen) atoms. The van der Waals surface area contributed by atoms with E-state index in [0.717, 1.165) is 28.2 Å². The first-order chi connectivity index (χ1) is 8.29. The number of hydrogen-bond acceptors (Lipinski definition) is 3. The van der Waals surface area contributed by atoms with Crippen LogP contribution in [0.2, 0.25) is 0 Å². The molecular weight excluding hydrogens is 216 g/mol. The highest BCUT2D eigenvalue weighted by Crippen LogP contribution is 2.24. The van der Waals surface area contributed by atoms with Crippen molar-refractivity contribution >= 4 is 11.0 Å². The summed E-state index contributed by atoms with van der Waals surface area (Å²) in [6.07, 6.45) is 1.63. The maximum atomic E-state index is 9.13. The Balaban J connectivity index is 2.25. The number of nitrogens with zero attached hydrogens (tertiary/aromatic N) is 2. The molecule has 0 aliphatic heterocycles. The van der Waals surface area contributed by atoms with Crippen LogP contribution in [0.5, 0.6) is 0 Å². The fourth-order valence-electron chi connectivity index (χ4n) is 1.96. The second-order valence-electron chi connectivity index (χ2n) is 3.95. The fourth-order valence-corrected chi connectivity index (χ4v) is 1.96. The minimum Gasteiger partial charge on any atom is -0.461 e. The second-order valence-corrected chi connectivity index (χ2v) is 3.95. The van der Waals surface area contributed by atoms with Crippen molar-refractivity contribution in [1.29, 1.82) is 0 Å². The number of aryl methyl sites for hydroxylation is 1. The third kappa shape index (κ3) is 1.54. The zero-order valence-corrected chi connectivity index (χ0v) is 9.42. The monoisotopic (exact) mass is 228 g/mol. The molecule has 0 atom stereocenters. The molecule has 0 saturated carbocycles. The van der Waals surface area contributed by atoms with Crippen LogP contribution in [0, 0.1) is 0 Å². The van der Waals surface area contributed by atoms with Crippen LogP contribution in [0.4, 0.5) is 0 Å². The smallest absolute Gasteiger partial charge is 0.176 e. The summed E-state index contributed by atoms with van der Waals surface area (Å²) in [7, 11) is 1.94. The molecule has 1 N–H and O–H groups in total. The van der Waals surface area contributed by atoms with Crippen LogP contribution in [0.3, 0.4) is 0 Å². The number of imidazole rings is 1. The van der Waals surface area contributed by atoms with Gasteiger partial charge in [-0.05, 0) is 29.8 Å². The van der Waals surface area contributed by atoms with Gasteiger partial charge in [0, 0.05) is 7.05 Å². The van der Waals surface area contributed by atoms with E-state index in [-0.39, 0.29) is 6.61 Å². The molecule has 0 aliphatic rings. The van der Waals surface area contributed by atoms with Gasteiger partial charge in [-0.15, -0.1) is 0 Å². The largest absolute Gasteiger partial charge is 0.461 e. The number of benzene rings is 1. The minimum atomic E-state index is 0.0389. The van der Waals surface area contributed by atoms with Crippen molar-refractivity contribution < 1.29 is 9.52 Å².